The van der Waals surface area contributed by atoms with Gasteiger partial charge in [0.05, 0.1) is 0 Å². The molecule has 0 atom stereocenters. The number of hydrogen-bond donors (Lipinski definition) is 0. The van der Waals surface area contributed by atoms with Crippen molar-refractivity contribution < 1.29 is 24.6 Å². The third kappa shape index (κ3) is 2.54. The molecule has 0 fully saturated rings. The quantitative estimate of drug-likeness (QED) is 0.549. The molecule has 0 rings (SSSR count). The van der Waals surface area contributed by atoms with Gasteiger partial charge in [-0.25, -0.2) is 0 Å². The van der Waals surface area contributed by atoms with Crippen molar-refractivity contribution in [3.05, 3.63) is 0 Å². The van der Waals surface area contributed by atoms with Gasteiger partial charge in [0.1, 0.15) is 0 Å². The van der Waals surface area contributed by atoms with Gasteiger partial charge in [-0.15, -0.1) is 0 Å². The van der Waals surface area contributed by atoms with Crippen LogP contribution in [0.1, 0.15) is 0 Å². The average molecular weight is 195 g/mol. The van der Waals surface area contributed by atoms with Crippen molar-refractivity contribution in [3.63, 3.8) is 0 Å². The van der Waals surface area contributed by atoms with Crippen LogP contribution in [0.4, 0.5) is 7.77 Å². The zero-order valence-electron chi connectivity index (χ0n) is 4.65. The maximum Gasteiger partial charge on any atom is 0.389 e. The van der Waals surface area contributed by atoms with Crippen molar-refractivity contribution >= 4 is 20.8 Å². The Bertz CT molecular complexity index is 270. The molecule has 5 nitrogen and oxygen atoms in total. The van der Waals surface area contributed by atoms with E-state index in [4.69, 9.17) is 0 Å². The van der Waals surface area contributed by atoms with Gasteiger partial charge in [0.25, 0.3) is 0 Å². The molecule has 0 radical (unpaired) electrons. The molecule has 0 aliphatic rings. The van der Waals surface area contributed by atoms with Crippen molar-refractivity contribution in [2.24, 2.45) is 0 Å². The van der Waals surface area contributed by atoms with E-state index in [9.17, 15) is 24.6 Å². The second kappa shape index (κ2) is 2.40. The van der Waals surface area contributed by atoms with Crippen LogP contribution in [0.5, 0.6) is 0 Å². The Kier molecular flexibility index (Phi) is 2.33. The van der Waals surface area contributed by atoms with Crippen molar-refractivity contribution in [3.8, 4) is 0 Å². The van der Waals surface area contributed by atoms with E-state index < -0.39 is 24.5 Å². The number of nitrogens with zero attached hydrogens (tertiary/aromatic N) is 1. The molecule has 0 saturated heterocycles. The van der Waals surface area contributed by atoms with Crippen molar-refractivity contribution in [2.45, 2.75) is 0 Å². The van der Waals surface area contributed by atoms with Gasteiger partial charge in [0.15, 0.2) is 0 Å². The van der Waals surface area contributed by atoms with Gasteiger partial charge in [-0.2, -0.15) is 16.8 Å². The minimum atomic E-state index is -5.49. The van der Waals surface area contributed by atoms with Crippen LogP contribution in [0.15, 0.2) is 0 Å². The minimum Gasteiger partial charge on any atom is -0.176 e. The summed E-state index contributed by atoms with van der Waals surface area (Å²) < 4.78 is 60.6. The minimum absolute atomic E-state index is 0.241. The molecule has 0 bridgehead atoms. The summed E-state index contributed by atoms with van der Waals surface area (Å²) in [6.45, 7) is 0. The van der Waals surface area contributed by atoms with Crippen LogP contribution in [0, 0.1) is 0 Å². The molecule has 0 aromatic rings. The summed E-state index contributed by atoms with van der Waals surface area (Å²) in [5.41, 5.74) is 0. The lowest BCUT2D eigenvalue weighted by Crippen LogP contribution is -2.26. The Hall–Kier alpha value is -0.280. The molecule has 0 aliphatic carbocycles. The van der Waals surface area contributed by atoms with Gasteiger partial charge in [0, 0.05) is 7.05 Å². The molecule has 0 aromatic carbocycles. The smallest absolute Gasteiger partial charge is 0.176 e. The summed E-state index contributed by atoms with van der Waals surface area (Å²) in [7, 11) is -10.7. The fourth-order valence-corrected chi connectivity index (χ4v) is 0.957. The first-order chi connectivity index (χ1) is 4.15. The Labute approximate surface area is 56.9 Å². The summed E-state index contributed by atoms with van der Waals surface area (Å²) in [6.07, 6.45) is 0. The molecule has 0 N–H and O–H groups in total. The highest BCUT2D eigenvalue weighted by Crippen LogP contribution is 2.06. The van der Waals surface area contributed by atoms with E-state index in [-0.39, 0.29) is 7.05 Å². The Morgan fingerprint density at radius 1 is 1.00 bits per heavy atom. The third-order valence-electron chi connectivity index (χ3n) is 0.614. The molecular formula is CH3F2NO4S2. The molecule has 0 aromatic heterocycles. The van der Waals surface area contributed by atoms with E-state index in [0.717, 1.165) is 0 Å². The van der Waals surface area contributed by atoms with Gasteiger partial charge in [-0.3, -0.25) is 0 Å². The molecule has 10 heavy (non-hydrogen) atoms. The van der Waals surface area contributed by atoms with Gasteiger partial charge in [-0.05, 0) is 3.71 Å². The highest BCUT2D eigenvalue weighted by molar-refractivity contribution is 7.99. The van der Waals surface area contributed by atoms with E-state index in [2.05, 4.69) is 0 Å². The Morgan fingerprint density at radius 2 is 1.20 bits per heavy atom. The molecule has 0 spiro atoms. The Balaban J connectivity index is 4.94. The zero-order valence-corrected chi connectivity index (χ0v) is 6.29. The molecule has 0 amide bonds. The number of hydrogen-bond acceptors (Lipinski definition) is 4. The predicted molar refractivity (Wildman–Crippen MR) is 27.8 cm³/mol. The number of halogens is 2. The molecule has 62 valence electrons. The second-order valence-corrected chi connectivity index (χ2v) is 4.24. The lowest BCUT2D eigenvalue weighted by atomic mass is 11.6. The SMILES string of the molecule is CN(S(=O)(=O)F)S(=O)(=O)F. The van der Waals surface area contributed by atoms with Crippen LogP contribution in [-0.2, 0) is 20.8 Å². The van der Waals surface area contributed by atoms with Crippen molar-refractivity contribution in [1.82, 2.24) is 3.71 Å². The summed E-state index contributed by atoms with van der Waals surface area (Å²) >= 11 is 0. The second-order valence-electron chi connectivity index (χ2n) is 1.26. The number of rotatable bonds is 2. The molecule has 9 heteroatoms. The van der Waals surface area contributed by atoms with Gasteiger partial charge in [0.2, 0.25) is 0 Å². The van der Waals surface area contributed by atoms with Crippen LogP contribution in [0.3, 0.4) is 0 Å². The first kappa shape index (κ1) is 9.72. The van der Waals surface area contributed by atoms with Crippen molar-refractivity contribution in [2.75, 3.05) is 7.05 Å². The van der Waals surface area contributed by atoms with Crippen LogP contribution in [-0.4, -0.2) is 27.6 Å². The zero-order chi connectivity index (χ0) is 8.58. The maximum absolute atomic E-state index is 11.6. The molecule has 0 unspecified atom stereocenters. The van der Waals surface area contributed by atoms with Gasteiger partial charge < -0.3 is 0 Å². The average Bonchev–Trinajstić information content (AvgIpc) is 1.59. The molecule has 0 aliphatic heterocycles. The lowest BCUT2D eigenvalue weighted by molar-refractivity contribution is 0.470. The van der Waals surface area contributed by atoms with Crippen LogP contribution in [0.2, 0.25) is 0 Å². The fourth-order valence-electron chi connectivity index (χ4n) is 0.106. The summed E-state index contributed by atoms with van der Waals surface area (Å²) in [5, 5.41) is 0. The highest BCUT2D eigenvalue weighted by Gasteiger charge is 2.29. The largest absolute Gasteiger partial charge is 0.389 e. The van der Waals surface area contributed by atoms with Crippen LogP contribution < -0.4 is 0 Å². The van der Waals surface area contributed by atoms with E-state index in [1.54, 1.807) is 0 Å². The molecule has 0 saturated carbocycles. The standard InChI is InChI=1S/CH3F2NO4S2/c1-4(9(2,5)6)10(3,7)8/h1H3. The molecule has 0 heterocycles. The van der Waals surface area contributed by atoms with Gasteiger partial charge >= 0.3 is 20.8 Å². The van der Waals surface area contributed by atoms with E-state index in [1.807, 2.05) is 0 Å². The topological polar surface area (TPSA) is 71.5 Å². The van der Waals surface area contributed by atoms with Crippen molar-refractivity contribution in [1.29, 1.82) is 0 Å². The monoisotopic (exact) mass is 195 g/mol. The van der Waals surface area contributed by atoms with E-state index in [0.29, 0.717) is 0 Å². The first-order valence-electron chi connectivity index (χ1n) is 1.79. The van der Waals surface area contributed by atoms with Crippen LogP contribution in [0.25, 0.3) is 0 Å². The van der Waals surface area contributed by atoms with E-state index >= 15 is 0 Å². The summed E-state index contributed by atoms with van der Waals surface area (Å²) in [5.74, 6) is 0. The first-order valence-corrected chi connectivity index (χ1v) is 4.47. The molecular weight excluding hydrogens is 192 g/mol. The normalized spacial score (nSPS) is 14.0. The summed E-state index contributed by atoms with van der Waals surface area (Å²) in [6, 6.07) is 0. The van der Waals surface area contributed by atoms with Crippen LogP contribution >= 0.6 is 0 Å². The fraction of sp³-hybridized carbons (Fsp3) is 1.00. The lowest BCUT2D eigenvalue weighted by Gasteiger charge is -2.02. The van der Waals surface area contributed by atoms with E-state index in [1.165, 1.54) is 0 Å². The maximum atomic E-state index is 11.6. The van der Waals surface area contributed by atoms with Gasteiger partial charge in [-0.1, -0.05) is 7.77 Å². The predicted octanol–water partition coefficient (Wildman–Crippen LogP) is -0.653. The highest BCUT2D eigenvalue weighted by atomic mass is 32.3. The summed E-state index contributed by atoms with van der Waals surface area (Å²) in [4.78, 5) is 0. The third-order valence-corrected chi connectivity index (χ3v) is 2.91. The Morgan fingerprint density at radius 3 is 1.20 bits per heavy atom.